The number of phenols is 1. The van der Waals surface area contributed by atoms with Crippen molar-refractivity contribution in [2.45, 2.75) is 25.5 Å². The first-order valence-electron chi connectivity index (χ1n) is 5.98. The molecule has 0 aliphatic heterocycles. The van der Waals surface area contributed by atoms with Crippen molar-refractivity contribution in [1.29, 1.82) is 0 Å². The molecule has 4 N–H and O–H groups in total. The number of anilines is 1. The number of aliphatic hydroxyl groups excluding tert-OH is 1. The summed E-state index contributed by atoms with van der Waals surface area (Å²) in [5.74, 6) is 0.873. The van der Waals surface area contributed by atoms with Crippen LogP contribution in [0.1, 0.15) is 18.4 Å². The number of aromatic hydroxyl groups is 1. The SMILES string of the molecule is CN(Cc1cc(N)ccc1O)CC1CC(O)C1. The van der Waals surface area contributed by atoms with Crippen LogP contribution in [-0.2, 0) is 6.54 Å². The van der Waals surface area contributed by atoms with Crippen LogP contribution in [0, 0.1) is 5.92 Å². The van der Waals surface area contributed by atoms with Gasteiger partial charge in [-0.2, -0.15) is 0 Å². The van der Waals surface area contributed by atoms with Crippen LogP contribution in [0.2, 0.25) is 0 Å². The zero-order valence-electron chi connectivity index (χ0n) is 10.1. The molecule has 0 radical (unpaired) electrons. The third kappa shape index (κ3) is 3.11. The molecule has 1 aliphatic carbocycles. The molecule has 0 atom stereocenters. The molecule has 94 valence electrons. The minimum absolute atomic E-state index is 0.103. The van der Waals surface area contributed by atoms with Crippen molar-refractivity contribution in [3.05, 3.63) is 23.8 Å². The molecular weight excluding hydrogens is 216 g/mol. The van der Waals surface area contributed by atoms with E-state index < -0.39 is 0 Å². The number of nitrogen functional groups attached to an aromatic ring is 1. The van der Waals surface area contributed by atoms with Crippen molar-refractivity contribution in [3.8, 4) is 5.75 Å². The van der Waals surface area contributed by atoms with Gasteiger partial charge in [0.25, 0.3) is 0 Å². The van der Waals surface area contributed by atoms with Crippen LogP contribution >= 0.6 is 0 Å². The van der Waals surface area contributed by atoms with E-state index >= 15 is 0 Å². The van der Waals surface area contributed by atoms with Gasteiger partial charge in [0.15, 0.2) is 0 Å². The van der Waals surface area contributed by atoms with Crippen LogP contribution in [0.25, 0.3) is 0 Å². The Morgan fingerprint density at radius 1 is 1.41 bits per heavy atom. The van der Waals surface area contributed by atoms with Crippen LogP contribution in [0.15, 0.2) is 18.2 Å². The minimum atomic E-state index is -0.103. The Bertz CT molecular complexity index is 389. The molecule has 4 nitrogen and oxygen atoms in total. The molecule has 0 spiro atoms. The number of hydrogen-bond donors (Lipinski definition) is 3. The Morgan fingerprint density at radius 2 is 2.12 bits per heavy atom. The average Bonchev–Trinajstić information content (AvgIpc) is 2.21. The summed E-state index contributed by atoms with van der Waals surface area (Å²) in [7, 11) is 2.02. The van der Waals surface area contributed by atoms with E-state index in [0.29, 0.717) is 23.9 Å². The zero-order chi connectivity index (χ0) is 12.4. The topological polar surface area (TPSA) is 69.7 Å². The van der Waals surface area contributed by atoms with Gasteiger partial charge in [-0.15, -0.1) is 0 Å². The molecule has 4 heteroatoms. The maximum absolute atomic E-state index is 9.71. The van der Waals surface area contributed by atoms with Gasteiger partial charge < -0.3 is 20.8 Å². The first-order chi connectivity index (χ1) is 8.04. The summed E-state index contributed by atoms with van der Waals surface area (Å²) in [6.07, 6.45) is 1.69. The fourth-order valence-electron chi connectivity index (χ4n) is 2.38. The van der Waals surface area contributed by atoms with Crippen LogP contribution in [0.5, 0.6) is 5.75 Å². The third-order valence-electron chi connectivity index (χ3n) is 3.32. The Balaban J connectivity index is 1.89. The normalized spacial score (nSPS) is 23.7. The zero-order valence-corrected chi connectivity index (χ0v) is 10.1. The number of hydrogen-bond acceptors (Lipinski definition) is 4. The van der Waals surface area contributed by atoms with Gasteiger partial charge in [0.1, 0.15) is 5.75 Å². The second-order valence-electron chi connectivity index (χ2n) is 5.08. The Labute approximate surface area is 102 Å². The van der Waals surface area contributed by atoms with Gasteiger partial charge in [-0.05, 0) is 44.0 Å². The highest BCUT2D eigenvalue weighted by Gasteiger charge is 2.27. The largest absolute Gasteiger partial charge is 0.508 e. The van der Waals surface area contributed by atoms with E-state index in [4.69, 9.17) is 5.73 Å². The van der Waals surface area contributed by atoms with Crippen molar-refractivity contribution < 1.29 is 10.2 Å². The van der Waals surface area contributed by atoms with Crippen LogP contribution in [0.4, 0.5) is 5.69 Å². The lowest BCUT2D eigenvalue weighted by molar-refractivity contribution is 0.0273. The van der Waals surface area contributed by atoms with Gasteiger partial charge >= 0.3 is 0 Å². The fraction of sp³-hybridized carbons (Fsp3) is 0.538. The van der Waals surface area contributed by atoms with E-state index in [2.05, 4.69) is 4.90 Å². The minimum Gasteiger partial charge on any atom is -0.508 e. The number of phenolic OH excluding ortho intramolecular Hbond substituents is 1. The fourth-order valence-corrected chi connectivity index (χ4v) is 2.38. The summed E-state index contributed by atoms with van der Waals surface area (Å²) >= 11 is 0. The Hall–Kier alpha value is -1.26. The molecule has 1 saturated carbocycles. The Morgan fingerprint density at radius 3 is 2.76 bits per heavy atom. The molecule has 1 fully saturated rings. The van der Waals surface area contributed by atoms with Gasteiger partial charge in [0, 0.05) is 24.3 Å². The van der Waals surface area contributed by atoms with Crippen LogP contribution in [0.3, 0.4) is 0 Å². The van der Waals surface area contributed by atoms with Gasteiger partial charge in [-0.3, -0.25) is 0 Å². The van der Waals surface area contributed by atoms with Crippen molar-refractivity contribution in [2.24, 2.45) is 5.92 Å². The highest BCUT2D eigenvalue weighted by Crippen LogP contribution is 2.28. The molecule has 0 amide bonds. The summed E-state index contributed by atoms with van der Waals surface area (Å²) in [6.45, 7) is 1.63. The molecule has 1 aromatic carbocycles. The van der Waals surface area contributed by atoms with Crippen molar-refractivity contribution in [3.63, 3.8) is 0 Å². The smallest absolute Gasteiger partial charge is 0.120 e. The lowest BCUT2D eigenvalue weighted by Gasteiger charge is -2.34. The molecule has 0 bridgehead atoms. The molecule has 2 rings (SSSR count). The highest BCUT2D eigenvalue weighted by atomic mass is 16.3. The second kappa shape index (κ2) is 4.94. The Kier molecular flexibility index (Phi) is 3.54. The first kappa shape index (κ1) is 12.2. The van der Waals surface area contributed by atoms with Gasteiger partial charge in [0.05, 0.1) is 6.10 Å². The van der Waals surface area contributed by atoms with Crippen molar-refractivity contribution in [2.75, 3.05) is 19.3 Å². The van der Waals surface area contributed by atoms with E-state index in [0.717, 1.165) is 24.9 Å². The maximum atomic E-state index is 9.71. The molecule has 1 aliphatic rings. The standard InChI is InChI=1S/C13H20N2O2/c1-15(7-9-4-12(16)5-9)8-10-6-11(14)2-3-13(10)17/h2-3,6,9,12,16-17H,4-5,7-8,14H2,1H3. The predicted octanol–water partition coefficient (Wildman–Crippen LogP) is 1.18. The molecule has 17 heavy (non-hydrogen) atoms. The number of rotatable bonds is 4. The van der Waals surface area contributed by atoms with Gasteiger partial charge in [-0.1, -0.05) is 0 Å². The average molecular weight is 236 g/mol. The lowest BCUT2D eigenvalue weighted by atomic mass is 9.82. The summed E-state index contributed by atoms with van der Waals surface area (Å²) in [4.78, 5) is 2.16. The molecular formula is C13H20N2O2. The van der Waals surface area contributed by atoms with Crippen molar-refractivity contribution >= 4 is 5.69 Å². The summed E-state index contributed by atoms with van der Waals surface area (Å²) in [6, 6.07) is 5.13. The number of nitrogens with zero attached hydrogens (tertiary/aromatic N) is 1. The van der Waals surface area contributed by atoms with E-state index in [1.165, 1.54) is 0 Å². The van der Waals surface area contributed by atoms with E-state index in [1.807, 2.05) is 7.05 Å². The van der Waals surface area contributed by atoms with Crippen LogP contribution < -0.4 is 5.73 Å². The van der Waals surface area contributed by atoms with E-state index in [9.17, 15) is 10.2 Å². The van der Waals surface area contributed by atoms with E-state index in [-0.39, 0.29) is 6.10 Å². The number of nitrogens with two attached hydrogens (primary N) is 1. The van der Waals surface area contributed by atoms with Crippen molar-refractivity contribution in [1.82, 2.24) is 4.90 Å². The summed E-state index contributed by atoms with van der Waals surface area (Å²) in [5, 5.41) is 18.9. The quantitative estimate of drug-likeness (QED) is 0.542. The first-order valence-corrected chi connectivity index (χ1v) is 5.98. The van der Waals surface area contributed by atoms with Crippen LogP contribution in [-0.4, -0.2) is 34.8 Å². The molecule has 0 aromatic heterocycles. The monoisotopic (exact) mass is 236 g/mol. The second-order valence-corrected chi connectivity index (χ2v) is 5.08. The predicted molar refractivity (Wildman–Crippen MR) is 67.6 cm³/mol. The molecule has 1 aromatic rings. The van der Waals surface area contributed by atoms with Gasteiger partial charge in [0.2, 0.25) is 0 Å². The lowest BCUT2D eigenvalue weighted by Crippen LogP contribution is -2.36. The molecule has 0 saturated heterocycles. The van der Waals surface area contributed by atoms with E-state index in [1.54, 1.807) is 18.2 Å². The summed E-state index contributed by atoms with van der Waals surface area (Å²) < 4.78 is 0. The number of benzene rings is 1. The third-order valence-corrected chi connectivity index (χ3v) is 3.32. The highest BCUT2D eigenvalue weighted by molar-refractivity contribution is 5.47. The molecule has 0 heterocycles. The maximum Gasteiger partial charge on any atom is 0.120 e. The molecule has 0 unspecified atom stereocenters. The summed E-state index contributed by atoms with van der Waals surface area (Å²) in [5.41, 5.74) is 7.22. The number of aliphatic hydroxyl groups is 1. The van der Waals surface area contributed by atoms with Gasteiger partial charge in [-0.25, -0.2) is 0 Å².